The number of carbonyl (C=O) groups is 2. The summed E-state index contributed by atoms with van der Waals surface area (Å²) in [6.07, 6.45) is 6.00. The summed E-state index contributed by atoms with van der Waals surface area (Å²) in [7, 11) is 0. The lowest BCUT2D eigenvalue weighted by Crippen LogP contribution is -2.55. The molecule has 1 aromatic rings. The van der Waals surface area contributed by atoms with Crippen LogP contribution in [0.25, 0.3) is 0 Å². The molecule has 1 aliphatic carbocycles. The summed E-state index contributed by atoms with van der Waals surface area (Å²) >= 11 is 0. The van der Waals surface area contributed by atoms with Crippen LogP contribution in [0.3, 0.4) is 0 Å². The van der Waals surface area contributed by atoms with Gasteiger partial charge in [-0.1, -0.05) is 12.1 Å². The lowest BCUT2D eigenvalue weighted by molar-refractivity contribution is -0.139. The average molecular weight is 342 g/mol. The number of nitrogens with zero attached hydrogens (tertiary/aromatic N) is 2. The number of rotatable bonds is 3. The Balaban J connectivity index is 1.49. The molecular formula is C20H26N2O3. The Labute approximate surface area is 148 Å². The summed E-state index contributed by atoms with van der Waals surface area (Å²) in [4.78, 5) is 29.1. The molecule has 1 aromatic carbocycles. The van der Waals surface area contributed by atoms with E-state index in [0.717, 1.165) is 38.9 Å². The normalized spacial score (nSPS) is 27.0. The zero-order chi connectivity index (χ0) is 17.4. The van der Waals surface area contributed by atoms with E-state index >= 15 is 0 Å². The van der Waals surface area contributed by atoms with Crippen molar-refractivity contribution < 1.29 is 14.7 Å². The van der Waals surface area contributed by atoms with Crippen molar-refractivity contribution in [3.05, 3.63) is 29.8 Å². The van der Waals surface area contributed by atoms with Gasteiger partial charge in [0.1, 0.15) is 5.75 Å². The maximum Gasteiger partial charge on any atom is 0.257 e. The molecule has 1 N–H and O–H groups in total. The van der Waals surface area contributed by atoms with Gasteiger partial charge in [-0.15, -0.1) is 0 Å². The number of carbonyl (C=O) groups excluding carboxylic acids is 2. The molecule has 1 saturated carbocycles. The average Bonchev–Trinajstić information content (AvgIpc) is 3.42. The van der Waals surface area contributed by atoms with E-state index in [2.05, 4.69) is 4.90 Å². The fraction of sp³-hybridized carbons (Fsp3) is 0.600. The van der Waals surface area contributed by atoms with Crippen molar-refractivity contribution in [2.24, 2.45) is 11.3 Å². The van der Waals surface area contributed by atoms with E-state index in [-0.39, 0.29) is 23.0 Å². The van der Waals surface area contributed by atoms with Crippen molar-refractivity contribution in [2.75, 3.05) is 26.2 Å². The fourth-order valence-electron chi connectivity index (χ4n) is 4.42. The zero-order valence-corrected chi connectivity index (χ0v) is 14.6. The topological polar surface area (TPSA) is 60.9 Å². The second-order valence-electron chi connectivity index (χ2n) is 8.07. The highest BCUT2D eigenvalue weighted by Gasteiger charge is 2.43. The molecule has 3 aliphatic rings. The molecule has 0 radical (unpaired) electrons. The summed E-state index contributed by atoms with van der Waals surface area (Å²) in [6.45, 7) is 3.10. The third-order valence-electron chi connectivity index (χ3n) is 6.01. The van der Waals surface area contributed by atoms with Gasteiger partial charge in [-0.2, -0.15) is 0 Å². The largest absolute Gasteiger partial charge is 0.507 e. The highest BCUT2D eigenvalue weighted by Crippen LogP contribution is 2.41. The van der Waals surface area contributed by atoms with Crippen molar-refractivity contribution in [1.29, 1.82) is 0 Å². The number of phenolic OH excluding ortho intramolecular Hbond substituents is 1. The van der Waals surface area contributed by atoms with Crippen LogP contribution in [0.5, 0.6) is 5.75 Å². The van der Waals surface area contributed by atoms with Crippen LogP contribution >= 0.6 is 0 Å². The van der Waals surface area contributed by atoms with Crippen molar-refractivity contribution >= 4 is 11.8 Å². The number of phenols is 1. The van der Waals surface area contributed by atoms with Crippen molar-refractivity contribution in [2.45, 2.75) is 38.5 Å². The molecule has 5 heteroatoms. The van der Waals surface area contributed by atoms with Gasteiger partial charge in [0.2, 0.25) is 5.91 Å². The molecule has 5 nitrogen and oxygen atoms in total. The predicted octanol–water partition coefficient (Wildman–Crippen LogP) is 2.65. The second-order valence-corrected chi connectivity index (χ2v) is 8.07. The van der Waals surface area contributed by atoms with Gasteiger partial charge in [-0.3, -0.25) is 9.59 Å². The monoisotopic (exact) mass is 342 g/mol. The minimum atomic E-state index is -0.0946. The van der Waals surface area contributed by atoms with Crippen LogP contribution in [0.15, 0.2) is 24.3 Å². The minimum absolute atomic E-state index is 0.0289. The molecule has 2 aliphatic heterocycles. The van der Waals surface area contributed by atoms with Gasteiger partial charge >= 0.3 is 0 Å². The van der Waals surface area contributed by atoms with E-state index in [0.29, 0.717) is 24.4 Å². The van der Waals surface area contributed by atoms with E-state index in [1.807, 2.05) is 4.90 Å². The lowest BCUT2D eigenvalue weighted by atomic mass is 9.73. The first-order valence-corrected chi connectivity index (χ1v) is 9.41. The Morgan fingerprint density at radius 2 is 2.00 bits per heavy atom. The Morgan fingerprint density at radius 3 is 2.76 bits per heavy atom. The Bertz CT molecular complexity index is 685. The first kappa shape index (κ1) is 16.4. The van der Waals surface area contributed by atoms with Gasteiger partial charge in [-0.25, -0.2) is 0 Å². The molecule has 25 heavy (non-hydrogen) atoms. The van der Waals surface area contributed by atoms with E-state index in [4.69, 9.17) is 0 Å². The maximum absolute atomic E-state index is 12.9. The van der Waals surface area contributed by atoms with Gasteiger partial charge in [0.25, 0.3) is 5.91 Å². The second kappa shape index (κ2) is 6.36. The van der Waals surface area contributed by atoms with E-state index in [1.54, 1.807) is 24.3 Å². The SMILES string of the molecule is O=C1CCC2(CCCN(C(=O)c3ccccc3O)C2)CN1CC1CC1. The number of aromatic hydroxyl groups is 1. The molecular weight excluding hydrogens is 316 g/mol. The Morgan fingerprint density at radius 1 is 1.20 bits per heavy atom. The first-order chi connectivity index (χ1) is 12.1. The lowest BCUT2D eigenvalue weighted by Gasteiger charge is -2.48. The predicted molar refractivity (Wildman–Crippen MR) is 94.2 cm³/mol. The standard InChI is InChI=1S/C20H26N2O3/c23-17-5-2-1-4-16(17)19(25)21-11-3-9-20(13-21)10-8-18(24)22(14-20)12-15-6-7-15/h1-2,4-5,15,23H,3,6-14H2. The molecule has 4 rings (SSSR count). The van der Waals surface area contributed by atoms with Crippen LogP contribution in [-0.2, 0) is 4.79 Å². The van der Waals surface area contributed by atoms with Gasteiger partial charge in [0, 0.05) is 38.0 Å². The molecule has 2 heterocycles. The number of piperidine rings is 2. The summed E-state index contributed by atoms with van der Waals surface area (Å²) in [6, 6.07) is 6.75. The fourth-order valence-corrected chi connectivity index (χ4v) is 4.42. The maximum atomic E-state index is 12.9. The molecule has 2 amide bonds. The van der Waals surface area contributed by atoms with Gasteiger partial charge in [-0.05, 0) is 50.2 Å². The Hall–Kier alpha value is -2.04. The first-order valence-electron chi connectivity index (χ1n) is 9.41. The third kappa shape index (κ3) is 3.37. The molecule has 0 bridgehead atoms. The molecule has 1 unspecified atom stereocenters. The van der Waals surface area contributed by atoms with Crippen LogP contribution in [0.1, 0.15) is 48.9 Å². The molecule has 1 spiro atoms. The number of benzene rings is 1. The quantitative estimate of drug-likeness (QED) is 0.919. The van der Waals surface area contributed by atoms with E-state index < -0.39 is 0 Å². The number of hydrogen-bond acceptors (Lipinski definition) is 3. The highest BCUT2D eigenvalue weighted by atomic mass is 16.3. The van der Waals surface area contributed by atoms with Crippen LogP contribution in [0.2, 0.25) is 0 Å². The number of para-hydroxylation sites is 1. The van der Waals surface area contributed by atoms with Crippen molar-refractivity contribution in [3.63, 3.8) is 0 Å². The molecule has 3 fully saturated rings. The highest BCUT2D eigenvalue weighted by molar-refractivity contribution is 5.96. The van der Waals surface area contributed by atoms with Crippen LogP contribution in [0, 0.1) is 11.3 Å². The number of likely N-dealkylation sites (tertiary alicyclic amines) is 2. The van der Waals surface area contributed by atoms with Crippen LogP contribution in [-0.4, -0.2) is 52.9 Å². The molecule has 2 saturated heterocycles. The van der Waals surface area contributed by atoms with Gasteiger partial charge in [0.15, 0.2) is 0 Å². The minimum Gasteiger partial charge on any atom is -0.507 e. The summed E-state index contributed by atoms with van der Waals surface area (Å²) in [5, 5.41) is 10.00. The molecule has 1 atom stereocenters. The van der Waals surface area contributed by atoms with E-state index in [1.165, 1.54) is 12.8 Å². The van der Waals surface area contributed by atoms with E-state index in [9.17, 15) is 14.7 Å². The molecule has 0 aromatic heterocycles. The van der Waals surface area contributed by atoms with Crippen molar-refractivity contribution in [3.8, 4) is 5.75 Å². The third-order valence-corrected chi connectivity index (χ3v) is 6.01. The van der Waals surface area contributed by atoms with Crippen molar-refractivity contribution in [1.82, 2.24) is 9.80 Å². The summed E-state index contributed by atoms with van der Waals surface area (Å²) in [5.74, 6) is 0.924. The van der Waals surface area contributed by atoms with Gasteiger partial charge in [0.05, 0.1) is 5.56 Å². The zero-order valence-electron chi connectivity index (χ0n) is 14.6. The summed E-state index contributed by atoms with van der Waals surface area (Å²) in [5.41, 5.74) is 0.405. The number of hydrogen-bond donors (Lipinski definition) is 1. The Kier molecular flexibility index (Phi) is 4.18. The molecule has 134 valence electrons. The van der Waals surface area contributed by atoms with Gasteiger partial charge < -0.3 is 14.9 Å². The summed E-state index contributed by atoms with van der Waals surface area (Å²) < 4.78 is 0. The smallest absolute Gasteiger partial charge is 0.257 e. The van der Waals surface area contributed by atoms with Crippen LogP contribution in [0.4, 0.5) is 0 Å². The van der Waals surface area contributed by atoms with Crippen LogP contribution < -0.4 is 0 Å². The number of amides is 2.